The van der Waals surface area contributed by atoms with Crippen LogP contribution in [0.5, 0.6) is 0 Å². The highest BCUT2D eigenvalue weighted by Crippen LogP contribution is 2.29. The Balaban J connectivity index is 2.03. The van der Waals surface area contributed by atoms with Crippen molar-refractivity contribution in [1.29, 1.82) is 0 Å². The Labute approximate surface area is 94.9 Å². The van der Waals surface area contributed by atoms with E-state index in [-0.39, 0.29) is 0 Å². The molecule has 1 saturated heterocycles. The second kappa shape index (κ2) is 4.45. The number of hydrogen-bond donors (Lipinski definition) is 2. The molecule has 0 amide bonds. The van der Waals surface area contributed by atoms with Gasteiger partial charge in [-0.1, -0.05) is 12.1 Å². The number of benzene rings is 1. The lowest BCUT2D eigenvalue weighted by Gasteiger charge is -2.31. The van der Waals surface area contributed by atoms with E-state index in [2.05, 4.69) is 0 Å². The summed E-state index contributed by atoms with van der Waals surface area (Å²) in [4.78, 5) is 0. The van der Waals surface area contributed by atoms with Crippen molar-refractivity contribution in [2.24, 2.45) is 0 Å². The number of rotatable bonds is 2. The normalized spacial score (nSPS) is 26.5. The summed E-state index contributed by atoms with van der Waals surface area (Å²) in [6.45, 7) is 0. The molecule has 1 fully saturated rings. The first-order valence-corrected chi connectivity index (χ1v) is 6.48. The molecule has 3 N–H and O–H groups in total. The Bertz CT molecular complexity index is 317. The van der Waals surface area contributed by atoms with Crippen LogP contribution in [0.4, 0.5) is 5.69 Å². The van der Waals surface area contributed by atoms with E-state index in [0.29, 0.717) is 0 Å². The number of hydrogen-bond acceptors (Lipinski definition) is 3. The van der Waals surface area contributed by atoms with Gasteiger partial charge in [0, 0.05) is 17.9 Å². The molecule has 0 spiro atoms. The van der Waals surface area contributed by atoms with Crippen LogP contribution >= 0.6 is 11.8 Å². The van der Waals surface area contributed by atoms with Crippen molar-refractivity contribution in [3.05, 3.63) is 29.8 Å². The molecule has 1 atom stereocenters. The topological polar surface area (TPSA) is 46.2 Å². The largest absolute Gasteiger partial charge is 0.399 e. The van der Waals surface area contributed by atoms with Crippen LogP contribution in [0.25, 0.3) is 0 Å². The van der Waals surface area contributed by atoms with E-state index in [1.165, 1.54) is 11.3 Å². The van der Waals surface area contributed by atoms with E-state index < -0.39 is 5.60 Å². The van der Waals surface area contributed by atoms with Gasteiger partial charge in [-0.15, -0.1) is 0 Å². The Morgan fingerprint density at radius 2 is 2.07 bits per heavy atom. The molecule has 0 aromatic heterocycles. The molecule has 1 unspecified atom stereocenters. The summed E-state index contributed by atoms with van der Waals surface area (Å²) in [7, 11) is 0. The van der Waals surface area contributed by atoms with Gasteiger partial charge in [-0.25, -0.2) is 0 Å². The maximum absolute atomic E-state index is 10.3. The van der Waals surface area contributed by atoms with Crippen LogP contribution in [0.1, 0.15) is 18.4 Å². The van der Waals surface area contributed by atoms with E-state index in [9.17, 15) is 5.11 Å². The van der Waals surface area contributed by atoms with Crippen molar-refractivity contribution in [3.63, 3.8) is 0 Å². The Morgan fingerprint density at radius 3 is 2.67 bits per heavy atom. The zero-order valence-corrected chi connectivity index (χ0v) is 9.59. The van der Waals surface area contributed by atoms with Crippen LogP contribution < -0.4 is 5.73 Å². The minimum atomic E-state index is -0.501. The predicted molar refractivity (Wildman–Crippen MR) is 66.1 cm³/mol. The zero-order chi connectivity index (χ0) is 10.7. The second-order valence-corrected chi connectivity index (χ2v) is 5.40. The number of anilines is 1. The van der Waals surface area contributed by atoms with Gasteiger partial charge in [0.25, 0.3) is 0 Å². The van der Waals surface area contributed by atoms with Crippen molar-refractivity contribution in [2.75, 3.05) is 17.2 Å². The zero-order valence-electron chi connectivity index (χ0n) is 8.78. The monoisotopic (exact) mass is 223 g/mol. The fourth-order valence-corrected chi connectivity index (χ4v) is 3.11. The van der Waals surface area contributed by atoms with Crippen LogP contribution in [-0.4, -0.2) is 22.2 Å². The minimum absolute atomic E-state index is 0.501. The Morgan fingerprint density at radius 1 is 1.33 bits per heavy atom. The van der Waals surface area contributed by atoms with Gasteiger partial charge >= 0.3 is 0 Å². The molecule has 1 aromatic carbocycles. The van der Waals surface area contributed by atoms with Gasteiger partial charge in [0.15, 0.2) is 0 Å². The molecule has 0 aliphatic carbocycles. The summed E-state index contributed by atoms with van der Waals surface area (Å²) >= 11 is 1.85. The quantitative estimate of drug-likeness (QED) is 0.754. The van der Waals surface area contributed by atoms with Gasteiger partial charge in [-0.05, 0) is 36.3 Å². The summed E-state index contributed by atoms with van der Waals surface area (Å²) in [6, 6.07) is 7.81. The highest BCUT2D eigenvalue weighted by Gasteiger charge is 2.29. The van der Waals surface area contributed by atoms with Gasteiger partial charge in [-0.2, -0.15) is 11.8 Å². The lowest BCUT2D eigenvalue weighted by atomic mass is 9.91. The summed E-state index contributed by atoms with van der Waals surface area (Å²) in [6.07, 6.45) is 2.79. The van der Waals surface area contributed by atoms with Gasteiger partial charge in [0.2, 0.25) is 0 Å². The summed E-state index contributed by atoms with van der Waals surface area (Å²) < 4.78 is 0. The molecule has 1 heterocycles. The molecule has 1 aliphatic heterocycles. The molecule has 1 aliphatic rings. The number of thioether (sulfide) groups is 1. The van der Waals surface area contributed by atoms with Crippen molar-refractivity contribution < 1.29 is 5.11 Å². The average molecular weight is 223 g/mol. The number of nitrogen functional groups attached to an aromatic ring is 1. The summed E-state index contributed by atoms with van der Waals surface area (Å²) in [5, 5.41) is 10.3. The van der Waals surface area contributed by atoms with Gasteiger partial charge in [-0.3, -0.25) is 0 Å². The van der Waals surface area contributed by atoms with Gasteiger partial charge in [0.1, 0.15) is 0 Å². The SMILES string of the molecule is Nc1ccc(CC2(O)CCCSC2)cc1. The van der Waals surface area contributed by atoms with E-state index in [1.54, 1.807) is 0 Å². The van der Waals surface area contributed by atoms with Crippen molar-refractivity contribution in [2.45, 2.75) is 24.9 Å². The molecule has 82 valence electrons. The molecule has 2 rings (SSSR count). The smallest absolute Gasteiger partial charge is 0.0778 e. The average Bonchev–Trinajstić information content (AvgIpc) is 2.22. The molecule has 0 saturated carbocycles. The van der Waals surface area contributed by atoms with E-state index >= 15 is 0 Å². The summed E-state index contributed by atoms with van der Waals surface area (Å²) in [5.74, 6) is 2.04. The molecule has 3 heteroatoms. The van der Waals surface area contributed by atoms with Crippen LogP contribution in [0.15, 0.2) is 24.3 Å². The predicted octanol–water partition coefficient (Wildman–Crippen LogP) is 2.07. The molecular weight excluding hydrogens is 206 g/mol. The van der Waals surface area contributed by atoms with Crippen molar-refractivity contribution >= 4 is 17.4 Å². The molecule has 0 bridgehead atoms. The van der Waals surface area contributed by atoms with E-state index in [4.69, 9.17) is 5.73 Å². The molecule has 0 radical (unpaired) electrons. The van der Waals surface area contributed by atoms with Crippen LogP contribution in [0.3, 0.4) is 0 Å². The van der Waals surface area contributed by atoms with E-state index in [1.807, 2.05) is 36.0 Å². The Kier molecular flexibility index (Phi) is 3.22. The molecule has 1 aromatic rings. The third kappa shape index (κ3) is 2.89. The van der Waals surface area contributed by atoms with E-state index in [0.717, 1.165) is 30.7 Å². The summed E-state index contributed by atoms with van der Waals surface area (Å²) in [5.41, 5.74) is 7.08. The third-order valence-corrected chi connectivity index (χ3v) is 4.13. The highest BCUT2D eigenvalue weighted by atomic mass is 32.2. The lowest BCUT2D eigenvalue weighted by molar-refractivity contribution is 0.0530. The van der Waals surface area contributed by atoms with Crippen LogP contribution in [0.2, 0.25) is 0 Å². The second-order valence-electron chi connectivity index (χ2n) is 4.30. The fourth-order valence-electron chi connectivity index (χ4n) is 1.99. The van der Waals surface area contributed by atoms with Gasteiger partial charge in [0.05, 0.1) is 5.60 Å². The van der Waals surface area contributed by atoms with Crippen molar-refractivity contribution in [1.82, 2.24) is 0 Å². The first-order chi connectivity index (χ1) is 7.18. The maximum atomic E-state index is 10.3. The Hall–Kier alpha value is -0.670. The first kappa shape index (κ1) is 10.8. The standard InChI is InChI=1S/C12H17NOS/c13-11-4-2-10(3-5-11)8-12(14)6-1-7-15-9-12/h2-5,14H,1,6-9,13H2. The van der Waals surface area contributed by atoms with Crippen molar-refractivity contribution in [3.8, 4) is 0 Å². The van der Waals surface area contributed by atoms with Crippen LogP contribution in [-0.2, 0) is 6.42 Å². The number of nitrogens with two attached hydrogens (primary N) is 1. The molecule has 15 heavy (non-hydrogen) atoms. The maximum Gasteiger partial charge on any atom is 0.0778 e. The lowest BCUT2D eigenvalue weighted by Crippen LogP contribution is -2.37. The molecular formula is C12H17NOS. The number of aliphatic hydroxyl groups is 1. The third-order valence-electron chi connectivity index (χ3n) is 2.81. The van der Waals surface area contributed by atoms with Crippen LogP contribution in [0, 0.1) is 0 Å². The first-order valence-electron chi connectivity index (χ1n) is 5.33. The fraction of sp³-hybridized carbons (Fsp3) is 0.500. The highest BCUT2D eigenvalue weighted by molar-refractivity contribution is 7.99. The molecule has 2 nitrogen and oxygen atoms in total. The minimum Gasteiger partial charge on any atom is -0.399 e. The van der Waals surface area contributed by atoms with Gasteiger partial charge < -0.3 is 10.8 Å².